The molecule has 0 saturated carbocycles. The highest BCUT2D eigenvalue weighted by Crippen LogP contribution is 1.69. The Morgan fingerprint density at radius 1 is 1.08 bits per heavy atom. The molecule has 0 bridgehead atoms. The van der Waals surface area contributed by atoms with Crippen LogP contribution in [0.25, 0.3) is 0 Å². The van der Waals surface area contributed by atoms with Crippen molar-refractivity contribution in [2.24, 2.45) is 0 Å². The molecule has 2 N–H and O–H groups in total. The molecule has 13 heavy (non-hydrogen) atoms. The van der Waals surface area contributed by atoms with E-state index in [-0.39, 0.29) is 0 Å². The van der Waals surface area contributed by atoms with Crippen molar-refractivity contribution in [2.75, 3.05) is 0 Å². The largest absolute Gasteiger partial charge is 0.277 e. The molecule has 0 radical (unpaired) electrons. The van der Waals surface area contributed by atoms with Crippen molar-refractivity contribution >= 4 is 11.8 Å². The normalized spacial score (nSPS) is 7.38. The predicted octanol–water partition coefficient (Wildman–Crippen LogP) is -0.252. The lowest BCUT2D eigenvalue weighted by molar-refractivity contribution is -0.145. The summed E-state index contributed by atoms with van der Waals surface area (Å²) >= 11 is 0. The minimum atomic E-state index is -0.585. The van der Waals surface area contributed by atoms with Crippen molar-refractivity contribution in [1.82, 2.24) is 11.0 Å². The predicted molar refractivity (Wildman–Crippen MR) is 44.8 cm³/mol. The van der Waals surface area contributed by atoms with Gasteiger partial charge in [-0.05, 0) is 0 Å². The highest BCUT2D eigenvalue weighted by atomic mass is 16.8. The molecule has 0 aromatic rings. The van der Waals surface area contributed by atoms with E-state index >= 15 is 0 Å². The molecule has 0 aromatic carbocycles. The van der Waals surface area contributed by atoms with Crippen LogP contribution in [0.5, 0.6) is 0 Å². The third kappa shape index (κ3) is 6.34. The lowest BCUT2D eigenvalue weighted by Crippen LogP contribution is -2.32. The summed E-state index contributed by atoms with van der Waals surface area (Å²) < 4.78 is 0. The molecule has 0 aliphatic heterocycles. The highest BCUT2D eigenvalue weighted by molar-refractivity contribution is 5.87. The number of hydrogen-bond donors (Lipinski definition) is 2. The van der Waals surface area contributed by atoms with Gasteiger partial charge in [-0.1, -0.05) is 13.2 Å². The van der Waals surface area contributed by atoms with Gasteiger partial charge >= 0.3 is 0 Å². The maximum Gasteiger partial charge on any atom is 0.277 e. The van der Waals surface area contributed by atoms with Crippen LogP contribution in [-0.2, 0) is 14.5 Å². The molecule has 0 rings (SSSR count). The Hall–Kier alpha value is -2.06. The summed E-state index contributed by atoms with van der Waals surface area (Å²) in [5.41, 5.74) is 8.19. The van der Waals surface area contributed by atoms with Crippen molar-refractivity contribution in [2.45, 2.75) is 0 Å². The zero-order valence-corrected chi connectivity index (χ0v) is 6.79. The minimum Gasteiger partial charge on any atom is -0.267 e. The van der Waals surface area contributed by atoms with E-state index < -0.39 is 11.8 Å². The summed E-state index contributed by atoms with van der Waals surface area (Å²) in [4.78, 5) is 25.5. The molecule has 5 nitrogen and oxygen atoms in total. The topological polar surface area (TPSA) is 67.4 Å². The van der Waals surface area contributed by atoms with E-state index in [9.17, 15) is 9.59 Å². The van der Waals surface area contributed by atoms with Crippen LogP contribution in [0, 0.1) is 0 Å². The molecule has 68 valence electrons. The number of amides is 2. The smallest absolute Gasteiger partial charge is 0.267 e. The fraction of sp³-hybridized carbons (Fsp3) is 0. The van der Waals surface area contributed by atoms with Gasteiger partial charge in [-0.2, -0.15) is 4.94 Å². The molecule has 0 aliphatic carbocycles. The van der Waals surface area contributed by atoms with E-state index in [0.29, 0.717) is 0 Å². The number of hydroxylamine groups is 2. The quantitative estimate of drug-likeness (QED) is 0.356. The van der Waals surface area contributed by atoms with E-state index in [4.69, 9.17) is 0 Å². The van der Waals surface area contributed by atoms with Crippen molar-refractivity contribution in [3.63, 3.8) is 0 Å². The fourth-order valence-corrected chi connectivity index (χ4v) is 0.370. The third-order valence-corrected chi connectivity index (χ3v) is 0.770. The van der Waals surface area contributed by atoms with Crippen LogP contribution >= 0.6 is 0 Å². The van der Waals surface area contributed by atoms with Gasteiger partial charge in [-0.3, -0.25) is 9.59 Å². The summed E-state index contributed by atoms with van der Waals surface area (Å²) in [7, 11) is 0. The molecule has 0 heterocycles. The Bertz CT molecular complexity index is 267. The summed E-state index contributed by atoms with van der Waals surface area (Å²) in [6.45, 7) is 6.33. The van der Waals surface area contributed by atoms with Gasteiger partial charge in [-0.15, -0.1) is 11.5 Å². The van der Waals surface area contributed by atoms with Crippen molar-refractivity contribution < 1.29 is 14.5 Å². The number of carbonyl (C=O) groups is 2. The Morgan fingerprint density at radius 3 is 1.77 bits per heavy atom. The first-order valence-electron chi connectivity index (χ1n) is 3.18. The molecule has 0 aliphatic rings. The second kappa shape index (κ2) is 6.64. The van der Waals surface area contributed by atoms with E-state index in [1.54, 1.807) is 0 Å². The maximum atomic E-state index is 10.6. The van der Waals surface area contributed by atoms with Crippen LogP contribution in [-0.4, -0.2) is 11.8 Å². The lowest BCUT2D eigenvalue weighted by atomic mass is 10.6. The Balaban J connectivity index is 3.68. The van der Waals surface area contributed by atoms with Crippen LogP contribution in [0.1, 0.15) is 0 Å². The summed E-state index contributed by atoms with van der Waals surface area (Å²) in [6, 6.07) is 0. The molecule has 0 aromatic heterocycles. The Kier molecular flexibility index (Phi) is 5.59. The second-order valence-corrected chi connectivity index (χ2v) is 1.73. The van der Waals surface area contributed by atoms with Crippen LogP contribution < -0.4 is 11.0 Å². The van der Waals surface area contributed by atoms with Crippen LogP contribution in [0.2, 0.25) is 0 Å². The zero-order chi connectivity index (χ0) is 10.1. The van der Waals surface area contributed by atoms with Crippen molar-refractivity contribution in [1.29, 1.82) is 0 Å². The SMILES string of the molecule is C=C=CC(=O)NONC(=O)C=C=C. The summed E-state index contributed by atoms with van der Waals surface area (Å²) in [5.74, 6) is -1.17. The van der Waals surface area contributed by atoms with E-state index in [0.717, 1.165) is 12.2 Å². The fourth-order valence-electron chi connectivity index (χ4n) is 0.370. The van der Waals surface area contributed by atoms with Crippen molar-refractivity contribution in [3.8, 4) is 0 Å². The first kappa shape index (κ1) is 10.9. The first-order chi connectivity index (χ1) is 6.20. The third-order valence-electron chi connectivity index (χ3n) is 0.770. The standard InChI is InChI=1S/C8H8N2O3/c1-3-5-7(11)9-13-10-8(12)6-4-2/h5-6H,1-2H2,(H,9,11)(H,10,12). The van der Waals surface area contributed by atoms with Crippen molar-refractivity contribution in [3.05, 3.63) is 36.8 Å². The Labute approximate surface area is 75.0 Å². The number of hydrogen-bond acceptors (Lipinski definition) is 3. The summed E-state index contributed by atoms with van der Waals surface area (Å²) in [6.07, 6.45) is 2.02. The number of carbonyl (C=O) groups excluding carboxylic acids is 2. The number of rotatable bonds is 4. The van der Waals surface area contributed by atoms with Crippen LogP contribution in [0.3, 0.4) is 0 Å². The summed E-state index contributed by atoms with van der Waals surface area (Å²) in [5, 5.41) is 0. The Morgan fingerprint density at radius 2 is 1.46 bits per heavy atom. The van der Waals surface area contributed by atoms with Gasteiger partial charge in [0, 0.05) is 12.2 Å². The molecule has 0 atom stereocenters. The second-order valence-electron chi connectivity index (χ2n) is 1.73. The van der Waals surface area contributed by atoms with Gasteiger partial charge in [0.25, 0.3) is 11.8 Å². The maximum absolute atomic E-state index is 10.6. The zero-order valence-electron chi connectivity index (χ0n) is 6.79. The van der Waals surface area contributed by atoms with E-state index in [1.165, 1.54) is 0 Å². The monoisotopic (exact) mass is 180 g/mol. The van der Waals surface area contributed by atoms with Gasteiger partial charge in [-0.25, -0.2) is 11.0 Å². The lowest BCUT2D eigenvalue weighted by Gasteiger charge is -2.00. The van der Waals surface area contributed by atoms with E-state index in [2.05, 4.69) is 29.6 Å². The van der Waals surface area contributed by atoms with Crippen LogP contribution in [0.4, 0.5) is 0 Å². The minimum absolute atomic E-state index is 0.585. The number of nitrogens with one attached hydrogen (secondary N) is 2. The molecular weight excluding hydrogens is 172 g/mol. The highest BCUT2D eigenvalue weighted by Gasteiger charge is 1.96. The van der Waals surface area contributed by atoms with Gasteiger partial charge in [0.2, 0.25) is 0 Å². The molecule has 0 unspecified atom stereocenters. The molecule has 0 fully saturated rings. The molecule has 0 spiro atoms. The first-order valence-corrected chi connectivity index (χ1v) is 3.18. The molecule has 5 heteroatoms. The molecule has 0 saturated heterocycles. The average molecular weight is 180 g/mol. The van der Waals surface area contributed by atoms with Crippen LogP contribution in [0.15, 0.2) is 36.8 Å². The van der Waals surface area contributed by atoms with Gasteiger partial charge in [0.1, 0.15) is 0 Å². The van der Waals surface area contributed by atoms with E-state index in [1.807, 2.05) is 11.0 Å². The van der Waals surface area contributed by atoms with Gasteiger partial charge in [0.05, 0.1) is 0 Å². The van der Waals surface area contributed by atoms with Gasteiger partial charge < -0.3 is 0 Å². The molecule has 2 amide bonds. The average Bonchev–Trinajstić information content (AvgIpc) is 2.05. The van der Waals surface area contributed by atoms with Gasteiger partial charge in [0.15, 0.2) is 0 Å². The molecular formula is C8H8N2O3.